The number of rotatable bonds is 2. The molecule has 112 valence electrons. The number of nitrogens with one attached hydrogen (secondary N) is 1. The third kappa shape index (κ3) is 3.40. The molecule has 1 fully saturated rings. The summed E-state index contributed by atoms with van der Waals surface area (Å²) in [5.41, 5.74) is 1.74. The lowest BCUT2D eigenvalue weighted by atomic mass is 9.71. The van der Waals surface area contributed by atoms with Gasteiger partial charge < -0.3 is 5.32 Å². The molecule has 0 aliphatic heterocycles. The molecule has 0 heterocycles. The summed E-state index contributed by atoms with van der Waals surface area (Å²) in [6.45, 7) is 7.15. The smallest absolute Gasteiger partial charge is 0.0348 e. The maximum Gasteiger partial charge on any atom is 0.0348 e. The van der Waals surface area contributed by atoms with E-state index in [2.05, 4.69) is 68.6 Å². The number of fused-ring (bicyclic) bond motifs is 1. The molecule has 1 aliphatic rings. The summed E-state index contributed by atoms with van der Waals surface area (Å²) in [5, 5.41) is 6.39. The van der Waals surface area contributed by atoms with E-state index in [9.17, 15) is 0 Å². The Morgan fingerprint density at radius 2 is 1.52 bits per heavy atom. The Morgan fingerprint density at radius 3 is 2.19 bits per heavy atom. The van der Waals surface area contributed by atoms with Gasteiger partial charge in [-0.1, -0.05) is 51.1 Å². The van der Waals surface area contributed by atoms with Crippen molar-refractivity contribution in [1.82, 2.24) is 0 Å². The first-order chi connectivity index (χ1) is 10.0. The molecule has 1 saturated carbocycles. The average molecular weight is 281 g/mol. The van der Waals surface area contributed by atoms with Crippen molar-refractivity contribution >= 4 is 16.5 Å². The van der Waals surface area contributed by atoms with Crippen molar-refractivity contribution in [3.8, 4) is 0 Å². The Hall–Kier alpha value is -1.50. The Labute approximate surface area is 128 Å². The third-order valence-electron chi connectivity index (χ3n) is 5.07. The fourth-order valence-corrected chi connectivity index (χ4v) is 3.62. The minimum atomic E-state index is 0.466. The summed E-state index contributed by atoms with van der Waals surface area (Å²) in [6, 6.07) is 15.9. The van der Waals surface area contributed by atoms with Crippen LogP contribution in [0.4, 0.5) is 5.69 Å². The second kappa shape index (κ2) is 5.71. The third-order valence-corrected chi connectivity index (χ3v) is 5.07. The Bertz CT molecular complexity index is 601. The second-order valence-electron chi connectivity index (χ2n) is 7.62. The molecule has 1 aliphatic carbocycles. The standard InChI is InChI=1S/C20H27N/c1-20(2,3)17-9-12-18(13-10-17)21-19-11-8-15-6-4-5-7-16(15)14-19/h4-8,11,14,17-18,21H,9-10,12-13H2,1-3H3. The van der Waals surface area contributed by atoms with E-state index < -0.39 is 0 Å². The summed E-state index contributed by atoms with van der Waals surface area (Å²) >= 11 is 0. The maximum atomic E-state index is 3.74. The maximum absolute atomic E-state index is 3.74. The fraction of sp³-hybridized carbons (Fsp3) is 0.500. The molecule has 0 radical (unpaired) electrons. The van der Waals surface area contributed by atoms with Crippen molar-refractivity contribution in [3.05, 3.63) is 42.5 Å². The Kier molecular flexibility index (Phi) is 3.93. The molecule has 1 N–H and O–H groups in total. The van der Waals surface area contributed by atoms with Crippen LogP contribution in [0.3, 0.4) is 0 Å². The van der Waals surface area contributed by atoms with Gasteiger partial charge in [-0.3, -0.25) is 0 Å². The topological polar surface area (TPSA) is 12.0 Å². The van der Waals surface area contributed by atoms with Gasteiger partial charge in [-0.15, -0.1) is 0 Å². The molecule has 0 bridgehead atoms. The molecule has 0 spiro atoms. The van der Waals surface area contributed by atoms with E-state index in [1.165, 1.54) is 42.1 Å². The molecular formula is C20H27N. The molecule has 1 nitrogen and oxygen atoms in total. The van der Waals surface area contributed by atoms with Crippen LogP contribution in [0.25, 0.3) is 10.8 Å². The number of anilines is 1. The van der Waals surface area contributed by atoms with Crippen LogP contribution in [0.1, 0.15) is 46.5 Å². The first kappa shape index (κ1) is 14.4. The van der Waals surface area contributed by atoms with E-state index in [1.807, 2.05) is 0 Å². The van der Waals surface area contributed by atoms with Crippen LogP contribution in [0.15, 0.2) is 42.5 Å². The number of hydrogen-bond donors (Lipinski definition) is 1. The van der Waals surface area contributed by atoms with Crippen molar-refractivity contribution in [2.24, 2.45) is 11.3 Å². The predicted molar refractivity (Wildman–Crippen MR) is 92.8 cm³/mol. The largest absolute Gasteiger partial charge is 0.382 e. The van der Waals surface area contributed by atoms with Crippen LogP contribution >= 0.6 is 0 Å². The quantitative estimate of drug-likeness (QED) is 0.727. The Morgan fingerprint density at radius 1 is 0.857 bits per heavy atom. The highest BCUT2D eigenvalue weighted by Crippen LogP contribution is 2.38. The van der Waals surface area contributed by atoms with E-state index in [0.29, 0.717) is 11.5 Å². The molecule has 0 atom stereocenters. The molecular weight excluding hydrogens is 254 g/mol. The van der Waals surface area contributed by atoms with Crippen LogP contribution in [0.2, 0.25) is 0 Å². The molecule has 0 unspecified atom stereocenters. The summed E-state index contributed by atoms with van der Waals surface area (Å²) in [5.74, 6) is 0.882. The molecule has 0 saturated heterocycles. The number of hydrogen-bond acceptors (Lipinski definition) is 1. The summed E-state index contributed by atoms with van der Waals surface area (Å²) in [6.07, 6.45) is 5.31. The highest BCUT2D eigenvalue weighted by atomic mass is 14.9. The van der Waals surface area contributed by atoms with Crippen LogP contribution in [-0.2, 0) is 0 Å². The summed E-state index contributed by atoms with van der Waals surface area (Å²) < 4.78 is 0. The highest BCUT2D eigenvalue weighted by molar-refractivity contribution is 5.85. The zero-order valence-corrected chi connectivity index (χ0v) is 13.5. The molecule has 1 heteroatoms. The van der Waals surface area contributed by atoms with Crippen molar-refractivity contribution < 1.29 is 0 Å². The predicted octanol–water partition coefficient (Wildman–Crippen LogP) is 5.86. The first-order valence-electron chi connectivity index (χ1n) is 8.28. The summed E-state index contributed by atoms with van der Waals surface area (Å²) in [7, 11) is 0. The normalized spacial score (nSPS) is 23.2. The lowest BCUT2D eigenvalue weighted by Gasteiger charge is -2.37. The van der Waals surface area contributed by atoms with Crippen LogP contribution in [-0.4, -0.2) is 6.04 Å². The van der Waals surface area contributed by atoms with Gasteiger partial charge in [-0.2, -0.15) is 0 Å². The van der Waals surface area contributed by atoms with E-state index >= 15 is 0 Å². The monoisotopic (exact) mass is 281 g/mol. The van der Waals surface area contributed by atoms with Gasteiger partial charge in [0.25, 0.3) is 0 Å². The number of benzene rings is 2. The van der Waals surface area contributed by atoms with E-state index in [-0.39, 0.29) is 0 Å². The summed E-state index contributed by atoms with van der Waals surface area (Å²) in [4.78, 5) is 0. The fourth-order valence-electron chi connectivity index (χ4n) is 3.62. The van der Waals surface area contributed by atoms with Gasteiger partial charge in [0.2, 0.25) is 0 Å². The van der Waals surface area contributed by atoms with Crippen molar-refractivity contribution in [2.45, 2.75) is 52.5 Å². The van der Waals surface area contributed by atoms with Crippen molar-refractivity contribution in [2.75, 3.05) is 5.32 Å². The van der Waals surface area contributed by atoms with Crippen LogP contribution < -0.4 is 5.32 Å². The van der Waals surface area contributed by atoms with Gasteiger partial charge in [0.05, 0.1) is 0 Å². The SMILES string of the molecule is CC(C)(C)C1CCC(Nc2ccc3ccccc3c2)CC1. The van der Waals surface area contributed by atoms with Gasteiger partial charge in [-0.25, -0.2) is 0 Å². The Balaban J connectivity index is 1.64. The van der Waals surface area contributed by atoms with Gasteiger partial charge in [0.1, 0.15) is 0 Å². The van der Waals surface area contributed by atoms with E-state index in [4.69, 9.17) is 0 Å². The zero-order valence-electron chi connectivity index (χ0n) is 13.5. The van der Waals surface area contributed by atoms with Gasteiger partial charge >= 0.3 is 0 Å². The molecule has 21 heavy (non-hydrogen) atoms. The minimum absolute atomic E-state index is 0.466. The second-order valence-corrected chi connectivity index (χ2v) is 7.62. The van der Waals surface area contributed by atoms with Crippen LogP contribution in [0, 0.1) is 11.3 Å². The molecule has 2 aromatic carbocycles. The molecule has 2 aromatic rings. The van der Waals surface area contributed by atoms with Crippen LogP contribution in [0.5, 0.6) is 0 Å². The van der Waals surface area contributed by atoms with Crippen molar-refractivity contribution in [3.63, 3.8) is 0 Å². The highest BCUT2D eigenvalue weighted by Gasteiger charge is 2.29. The molecule has 0 aromatic heterocycles. The lowest BCUT2D eigenvalue weighted by Crippen LogP contribution is -2.31. The van der Waals surface area contributed by atoms with Gasteiger partial charge in [0.15, 0.2) is 0 Å². The molecule has 3 rings (SSSR count). The zero-order chi connectivity index (χ0) is 14.9. The van der Waals surface area contributed by atoms with Gasteiger partial charge in [0, 0.05) is 11.7 Å². The van der Waals surface area contributed by atoms with Crippen molar-refractivity contribution in [1.29, 1.82) is 0 Å². The first-order valence-corrected chi connectivity index (χ1v) is 8.28. The van der Waals surface area contributed by atoms with E-state index in [1.54, 1.807) is 0 Å². The van der Waals surface area contributed by atoms with E-state index in [0.717, 1.165) is 5.92 Å². The molecule has 0 amide bonds. The lowest BCUT2D eigenvalue weighted by molar-refractivity contribution is 0.173. The van der Waals surface area contributed by atoms with Gasteiger partial charge in [-0.05, 0) is 59.9 Å². The average Bonchev–Trinajstić information content (AvgIpc) is 2.47. The minimum Gasteiger partial charge on any atom is -0.382 e.